The molecule has 0 bridgehead atoms. The molecular weight excluding hydrogens is 352 g/mol. The van der Waals surface area contributed by atoms with Gasteiger partial charge >= 0.3 is 5.69 Å². The third-order valence-electron chi connectivity index (χ3n) is 5.45. The summed E-state index contributed by atoms with van der Waals surface area (Å²) < 4.78 is 1.91. The normalized spacial score (nSPS) is 16.8. The average Bonchev–Trinajstić information content (AvgIpc) is 3.03. The maximum absolute atomic E-state index is 12.5. The molecule has 0 aliphatic heterocycles. The maximum Gasteiger partial charge on any atom is 0.325 e. The van der Waals surface area contributed by atoms with Crippen LogP contribution in [0.2, 0.25) is 0 Å². The molecule has 0 radical (unpaired) electrons. The summed E-state index contributed by atoms with van der Waals surface area (Å²) in [5.41, 5.74) is 5.17. The van der Waals surface area contributed by atoms with E-state index in [2.05, 4.69) is 27.2 Å². The number of hydrogen-bond donors (Lipinski definition) is 2. The fourth-order valence-electron chi connectivity index (χ4n) is 4.09. The molecule has 0 amide bonds. The summed E-state index contributed by atoms with van der Waals surface area (Å²) in [5, 5.41) is 4.43. The summed E-state index contributed by atoms with van der Waals surface area (Å²) in [7, 11) is 1.96. The van der Waals surface area contributed by atoms with Crippen LogP contribution in [0.25, 0.3) is 5.57 Å². The highest BCUT2D eigenvalue weighted by atomic mass is 16.2. The van der Waals surface area contributed by atoms with Gasteiger partial charge in [0.05, 0.1) is 11.4 Å². The van der Waals surface area contributed by atoms with Crippen LogP contribution in [0.5, 0.6) is 0 Å². The predicted molar refractivity (Wildman–Crippen MR) is 109 cm³/mol. The zero-order valence-corrected chi connectivity index (χ0v) is 16.2. The van der Waals surface area contributed by atoms with E-state index in [1.165, 1.54) is 5.57 Å². The Kier molecular flexibility index (Phi) is 4.86. The van der Waals surface area contributed by atoms with Crippen LogP contribution in [-0.4, -0.2) is 19.7 Å². The zero-order chi connectivity index (χ0) is 19.7. The van der Waals surface area contributed by atoms with E-state index in [0.717, 1.165) is 41.9 Å². The van der Waals surface area contributed by atoms with Gasteiger partial charge in [-0.2, -0.15) is 5.10 Å². The molecule has 6 heteroatoms. The number of allylic oxidation sites excluding steroid dienone is 2. The molecule has 2 aromatic heterocycles. The fraction of sp³-hybridized carbons (Fsp3) is 0.318. The third kappa shape index (κ3) is 3.63. The first-order chi connectivity index (χ1) is 13.5. The van der Waals surface area contributed by atoms with Crippen molar-refractivity contribution in [2.24, 2.45) is 7.05 Å². The summed E-state index contributed by atoms with van der Waals surface area (Å²) in [6.07, 6.45) is 5.30. The minimum Gasteiger partial charge on any atom is -0.311 e. The number of benzene rings is 1. The van der Waals surface area contributed by atoms with Gasteiger partial charge in [0.25, 0.3) is 5.56 Å². The molecule has 1 unspecified atom stereocenters. The predicted octanol–water partition coefficient (Wildman–Crippen LogP) is 3.05. The first-order valence-electron chi connectivity index (χ1n) is 9.60. The molecule has 2 heterocycles. The van der Waals surface area contributed by atoms with Crippen molar-refractivity contribution in [3.05, 3.63) is 91.5 Å². The molecule has 1 aromatic carbocycles. The number of hydrogen-bond acceptors (Lipinski definition) is 3. The second-order valence-electron chi connectivity index (χ2n) is 7.46. The largest absolute Gasteiger partial charge is 0.325 e. The molecule has 2 N–H and O–H groups in total. The minimum absolute atomic E-state index is 0.131. The monoisotopic (exact) mass is 376 g/mol. The third-order valence-corrected chi connectivity index (χ3v) is 5.45. The highest BCUT2D eigenvalue weighted by molar-refractivity contribution is 5.64. The number of nitrogens with one attached hydrogen (secondary N) is 2. The molecule has 1 atom stereocenters. The molecule has 1 aliphatic rings. The number of rotatable bonds is 4. The Hall–Kier alpha value is -3.15. The quantitative estimate of drug-likeness (QED) is 0.734. The maximum atomic E-state index is 12.5. The summed E-state index contributed by atoms with van der Waals surface area (Å²) in [6.45, 7) is 1.99. The molecule has 4 rings (SSSR count). The molecule has 0 saturated carbocycles. The van der Waals surface area contributed by atoms with Crippen LogP contribution in [0.1, 0.15) is 53.4 Å². The van der Waals surface area contributed by atoms with Crippen LogP contribution in [0.15, 0.2) is 52.1 Å². The lowest BCUT2D eigenvalue weighted by Gasteiger charge is -2.23. The second-order valence-corrected chi connectivity index (χ2v) is 7.46. The van der Waals surface area contributed by atoms with Gasteiger partial charge in [0.15, 0.2) is 0 Å². The van der Waals surface area contributed by atoms with E-state index < -0.39 is 5.69 Å². The lowest BCUT2D eigenvalue weighted by atomic mass is 9.84. The SMILES string of the molecule is Cc1cc(C2=CCC(c3[nH]c(=O)[nH]c(=O)c3Cc3ccccc3)CC2)n(C)n1. The van der Waals surface area contributed by atoms with Crippen LogP contribution >= 0.6 is 0 Å². The van der Waals surface area contributed by atoms with Crippen molar-refractivity contribution < 1.29 is 0 Å². The minimum atomic E-state index is -0.436. The van der Waals surface area contributed by atoms with Crippen molar-refractivity contribution in [2.75, 3.05) is 0 Å². The molecule has 0 fully saturated rings. The summed E-state index contributed by atoms with van der Waals surface area (Å²) in [5.74, 6) is 0.131. The van der Waals surface area contributed by atoms with Gasteiger partial charge in [0.1, 0.15) is 0 Å². The van der Waals surface area contributed by atoms with Gasteiger partial charge in [-0.25, -0.2) is 4.79 Å². The topological polar surface area (TPSA) is 83.5 Å². The van der Waals surface area contributed by atoms with Crippen molar-refractivity contribution in [3.8, 4) is 0 Å². The molecule has 3 aromatic rings. The van der Waals surface area contributed by atoms with Crippen LogP contribution < -0.4 is 11.2 Å². The molecular formula is C22H24N4O2. The van der Waals surface area contributed by atoms with E-state index in [1.807, 2.05) is 49.0 Å². The molecule has 144 valence electrons. The van der Waals surface area contributed by atoms with Crippen molar-refractivity contribution >= 4 is 5.57 Å². The Morgan fingerprint density at radius 2 is 1.96 bits per heavy atom. The molecule has 1 aliphatic carbocycles. The summed E-state index contributed by atoms with van der Waals surface area (Å²) in [6, 6.07) is 12.0. The second kappa shape index (κ2) is 7.46. The summed E-state index contributed by atoms with van der Waals surface area (Å²) in [4.78, 5) is 29.8. The molecule has 0 spiro atoms. The van der Waals surface area contributed by atoms with Crippen molar-refractivity contribution in [3.63, 3.8) is 0 Å². The number of H-pyrrole nitrogens is 2. The van der Waals surface area contributed by atoms with Gasteiger partial charge in [-0.3, -0.25) is 14.5 Å². The van der Waals surface area contributed by atoms with Crippen molar-refractivity contribution in [2.45, 2.75) is 38.5 Å². The Labute approximate surface area is 163 Å². The Morgan fingerprint density at radius 1 is 1.18 bits per heavy atom. The van der Waals surface area contributed by atoms with Gasteiger partial charge in [-0.15, -0.1) is 0 Å². The van der Waals surface area contributed by atoms with Gasteiger partial charge in [-0.1, -0.05) is 36.4 Å². The lowest BCUT2D eigenvalue weighted by molar-refractivity contribution is 0.592. The number of nitrogens with zero attached hydrogens (tertiary/aromatic N) is 2. The first-order valence-corrected chi connectivity index (χ1v) is 9.60. The lowest BCUT2D eigenvalue weighted by Crippen LogP contribution is -2.30. The highest BCUT2D eigenvalue weighted by Crippen LogP contribution is 2.36. The van der Waals surface area contributed by atoms with E-state index in [9.17, 15) is 9.59 Å². The molecule has 28 heavy (non-hydrogen) atoms. The van der Waals surface area contributed by atoms with Crippen LogP contribution in [0.4, 0.5) is 0 Å². The Morgan fingerprint density at radius 3 is 2.61 bits per heavy atom. The van der Waals surface area contributed by atoms with Crippen LogP contribution in [0, 0.1) is 6.92 Å². The number of aromatic nitrogens is 4. The van der Waals surface area contributed by atoms with E-state index in [0.29, 0.717) is 12.0 Å². The van der Waals surface area contributed by atoms with E-state index in [-0.39, 0.29) is 11.5 Å². The van der Waals surface area contributed by atoms with Crippen molar-refractivity contribution in [1.82, 2.24) is 19.7 Å². The van der Waals surface area contributed by atoms with Crippen LogP contribution in [0.3, 0.4) is 0 Å². The van der Waals surface area contributed by atoms with Crippen LogP contribution in [-0.2, 0) is 13.5 Å². The van der Waals surface area contributed by atoms with E-state index in [1.54, 1.807) is 0 Å². The van der Waals surface area contributed by atoms with Crippen molar-refractivity contribution in [1.29, 1.82) is 0 Å². The number of aromatic amines is 2. The van der Waals surface area contributed by atoms with Gasteiger partial charge < -0.3 is 4.98 Å². The Bertz CT molecular complexity index is 1140. The smallest absolute Gasteiger partial charge is 0.311 e. The van der Waals surface area contributed by atoms with Gasteiger partial charge in [-0.05, 0) is 43.4 Å². The molecule has 0 saturated heterocycles. The van der Waals surface area contributed by atoms with Gasteiger partial charge in [0, 0.05) is 30.6 Å². The number of aryl methyl sites for hydroxylation is 2. The fourth-order valence-corrected chi connectivity index (χ4v) is 4.09. The standard InChI is InChI=1S/C22H24N4O2/c1-14-12-19(26(2)25-14)16-8-10-17(11-9-16)20-18(21(27)24-22(28)23-20)13-15-6-4-3-5-7-15/h3-8,12,17H,9-11,13H2,1-2H3,(H2,23,24,27,28). The van der Waals surface area contributed by atoms with Gasteiger partial charge in [0.2, 0.25) is 0 Å². The highest BCUT2D eigenvalue weighted by Gasteiger charge is 2.23. The first kappa shape index (κ1) is 18.2. The molecule has 6 nitrogen and oxygen atoms in total. The Balaban J connectivity index is 1.65. The van der Waals surface area contributed by atoms with E-state index >= 15 is 0 Å². The van der Waals surface area contributed by atoms with E-state index in [4.69, 9.17) is 0 Å². The average molecular weight is 376 g/mol. The zero-order valence-electron chi connectivity index (χ0n) is 16.2. The summed E-state index contributed by atoms with van der Waals surface area (Å²) >= 11 is 0.